The van der Waals surface area contributed by atoms with Gasteiger partial charge in [0.05, 0.1) is 12.2 Å². The van der Waals surface area contributed by atoms with Crippen molar-refractivity contribution >= 4 is 0 Å². The van der Waals surface area contributed by atoms with Crippen LogP contribution in [0.15, 0.2) is 77.7 Å². The lowest BCUT2D eigenvalue weighted by Gasteiger charge is -2.10. The lowest BCUT2D eigenvalue weighted by Crippen LogP contribution is -2.25. The second-order valence-corrected chi connectivity index (χ2v) is 9.21. The van der Waals surface area contributed by atoms with Crippen LogP contribution in [-0.4, -0.2) is 29.8 Å². The molecule has 0 aliphatic carbocycles. The molecule has 7 nitrogen and oxygen atoms in total. The van der Waals surface area contributed by atoms with E-state index in [1.54, 1.807) is 16.8 Å². The molecular formula is C29H29FN6O. The number of aryl methyl sites for hydroxylation is 2. The summed E-state index contributed by atoms with van der Waals surface area (Å²) in [4.78, 5) is 13.5. The van der Waals surface area contributed by atoms with Crippen LogP contribution in [0.1, 0.15) is 43.0 Å². The van der Waals surface area contributed by atoms with E-state index in [0.29, 0.717) is 18.1 Å². The molecule has 2 heterocycles. The molecule has 0 unspecified atom stereocenters. The zero-order chi connectivity index (χ0) is 25.8. The van der Waals surface area contributed by atoms with Crippen molar-refractivity contribution in [1.82, 2.24) is 29.8 Å². The number of benzene rings is 3. The van der Waals surface area contributed by atoms with E-state index in [4.69, 9.17) is 0 Å². The van der Waals surface area contributed by atoms with Gasteiger partial charge >= 0.3 is 5.69 Å². The second kappa shape index (κ2) is 10.7. The number of H-pyrrole nitrogens is 1. The van der Waals surface area contributed by atoms with Crippen LogP contribution < -0.4 is 5.69 Å². The topological polar surface area (TPSA) is 81.4 Å². The van der Waals surface area contributed by atoms with Crippen LogP contribution in [0, 0.1) is 12.7 Å². The number of para-hydroxylation sites is 1. The molecule has 0 aliphatic rings. The van der Waals surface area contributed by atoms with Gasteiger partial charge in [-0.1, -0.05) is 80.4 Å². The van der Waals surface area contributed by atoms with Gasteiger partial charge in [0.1, 0.15) is 5.82 Å². The Labute approximate surface area is 214 Å². The Morgan fingerprint density at radius 1 is 0.946 bits per heavy atom. The molecule has 0 saturated carbocycles. The van der Waals surface area contributed by atoms with Crippen LogP contribution >= 0.6 is 0 Å². The molecule has 3 aromatic carbocycles. The first-order chi connectivity index (χ1) is 18.1. The Hall–Kier alpha value is -4.33. The number of nitrogens with zero attached hydrogens (tertiary/aromatic N) is 5. The third-order valence-electron chi connectivity index (χ3n) is 6.66. The van der Waals surface area contributed by atoms with Crippen molar-refractivity contribution < 1.29 is 4.39 Å². The number of hydrogen-bond acceptors (Lipinski definition) is 4. The predicted octanol–water partition coefficient (Wildman–Crippen LogP) is 5.71. The highest BCUT2D eigenvalue weighted by Crippen LogP contribution is 2.30. The van der Waals surface area contributed by atoms with Gasteiger partial charge in [0.2, 0.25) is 0 Å². The molecular weight excluding hydrogens is 467 g/mol. The number of aromatic amines is 1. The van der Waals surface area contributed by atoms with Gasteiger partial charge in [-0.15, -0.1) is 5.10 Å². The lowest BCUT2D eigenvalue weighted by atomic mass is 9.98. The predicted molar refractivity (Wildman–Crippen MR) is 142 cm³/mol. The molecule has 188 valence electrons. The first-order valence-corrected chi connectivity index (χ1v) is 12.6. The number of hydrogen-bond donors (Lipinski definition) is 1. The molecule has 0 atom stereocenters. The number of unbranched alkanes of at least 4 members (excludes halogenated alkanes) is 2. The number of rotatable bonds is 9. The van der Waals surface area contributed by atoms with E-state index >= 15 is 0 Å². The van der Waals surface area contributed by atoms with Crippen molar-refractivity contribution in [1.29, 1.82) is 0 Å². The number of imidazole rings is 1. The van der Waals surface area contributed by atoms with Gasteiger partial charge in [0.15, 0.2) is 5.82 Å². The Morgan fingerprint density at radius 3 is 2.43 bits per heavy atom. The van der Waals surface area contributed by atoms with Gasteiger partial charge < -0.3 is 0 Å². The van der Waals surface area contributed by atoms with E-state index in [9.17, 15) is 9.18 Å². The highest BCUT2D eigenvalue weighted by molar-refractivity contribution is 5.80. The molecule has 0 bridgehead atoms. The smallest absolute Gasteiger partial charge is 0.292 e. The maximum absolute atomic E-state index is 14.7. The van der Waals surface area contributed by atoms with Crippen LogP contribution in [0.2, 0.25) is 0 Å². The fourth-order valence-corrected chi connectivity index (χ4v) is 4.73. The van der Waals surface area contributed by atoms with Gasteiger partial charge in [-0.25, -0.2) is 14.3 Å². The number of nitrogens with one attached hydrogen (secondary N) is 1. The summed E-state index contributed by atoms with van der Waals surface area (Å²) in [5, 5.41) is 14.3. The standard InChI is InChI=1S/C29H29FN6O/c1-3-4-5-10-23-19-36(27-20(2)9-8-13-26(27)30)29(37)35(23)18-21-14-16-22(17-15-21)24-11-6-7-12-25(24)28-31-33-34-32-28/h6-9,11-17,19H,3-5,10,18H2,1-2H3,(H,31,32,33,34). The molecule has 0 fully saturated rings. The van der Waals surface area contributed by atoms with Crippen molar-refractivity contribution in [3.05, 3.63) is 106 Å². The number of tetrazole rings is 1. The van der Waals surface area contributed by atoms with Crippen molar-refractivity contribution in [2.45, 2.75) is 46.1 Å². The fraction of sp³-hybridized carbons (Fsp3) is 0.241. The molecule has 0 saturated heterocycles. The Balaban J connectivity index is 1.48. The SMILES string of the molecule is CCCCCc1cn(-c2c(C)cccc2F)c(=O)n1Cc1ccc(-c2ccccc2-c2nnn[nH]2)cc1. The largest absolute Gasteiger partial charge is 0.333 e. The average Bonchev–Trinajstić information content (AvgIpc) is 3.55. The molecule has 0 amide bonds. The summed E-state index contributed by atoms with van der Waals surface area (Å²) in [5.74, 6) is 0.206. The van der Waals surface area contributed by atoms with Crippen molar-refractivity contribution in [2.24, 2.45) is 0 Å². The molecule has 37 heavy (non-hydrogen) atoms. The molecule has 8 heteroatoms. The molecule has 0 spiro atoms. The summed E-state index contributed by atoms with van der Waals surface area (Å²) in [6.07, 6.45) is 5.71. The van der Waals surface area contributed by atoms with Crippen LogP contribution in [-0.2, 0) is 13.0 Å². The highest BCUT2D eigenvalue weighted by Gasteiger charge is 2.17. The second-order valence-electron chi connectivity index (χ2n) is 9.21. The van der Waals surface area contributed by atoms with Crippen molar-refractivity contribution in [3.63, 3.8) is 0 Å². The van der Waals surface area contributed by atoms with Gasteiger partial charge in [0, 0.05) is 17.5 Å². The van der Waals surface area contributed by atoms with Gasteiger partial charge in [-0.3, -0.25) is 9.13 Å². The third-order valence-corrected chi connectivity index (χ3v) is 6.66. The zero-order valence-corrected chi connectivity index (χ0v) is 21.0. The minimum atomic E-state index is -0.399. The molecule has 1 N–H and O–H groups in total. The zero-order valence-electron chi connectivity index (χ0n) is 21.0. The molecule has 5 aromatic rings. The normalized spacial score (nSPS) is 11.2. The van der Waals surface area contributed by atoms with Gasteiger partial charge in [-0.2, -0.15) is 0 Å². The van der Waals surface area contributed by atoms with Crippen LogP contribution in [0.3, 0.4) is 0 Å². The Kier molecular flexibility index (Phi) is 7.07. The lowest BCUT2D eigenvalue weighted by molar-refractivity contribution is 0.611. The van der Waals surface area contributed by atoms with E-state index in [0.717, 1.165) is 59.2 Å². The summed E-state index contributed by atoms with van der Waals surface area (Å²) in [5.41, 5.74) is 5.65. The number of aromatic nitrogens is 6. The maximum Gasteiger partial charge on any atom is 0.333 e. The van der Waals surface area contributed by atoms with E-state index in [1.807, 2.05) is 61.5 Å². The van der Waals surface area contributed by atoms with E-state index in [1.165, 1.54) is 10.6 Å². The van der Waals surface area contributed by atoms with Gasteiger partial charge in [0.25, 0.3) is 0 Å². The van der Waals surface area contributed by atoms with Crippen LogP contribution in [0.4, 0.5) is 4.39 Å². The molecule has 2 aromatic heterocycles. The first-order valence-electron chi connectivity index (χ1n) is 12.6. The monoisotopic (exact) mass is 496 g/mol. The summed E-state index contributed by atoms with van der Waals surface area (Å²) in [6, 6.07) is 20.9. The Morgan fingerprint density at radius 2 is 1.73 bits per heavy atom. The van der Waals surface area contributed by atoms with Crippen LogP contribution in [0.5, 0.6) is 0 Å². The quantitative estimate of drug-likeness (QED) is 0.265. The fourth-order valence-electron chi connectivity index (χ4n) is 4.73. The van der Waals surface area contributed by atoms with Crippen molar-refractivity contribution in [2.75, 3.05) is 0 Å². The van der Waals surface area contributed by atoms with Crippen LogP contribution in [0.25, 0.3) is 28.2 Å². The van der Waals surface area contributed by atoms with E-state index in [2.05, 4.69) is 27.5 Å². The maximum atomic E-state index is 14.7. The van der Waals surface area contributed by atoms with Gasteiger partial charge in [-0.05, 0) is 58.5 Å². The minimum absolute atomic E-state index is 0.230. The van der Waals surface area contributed by atoms with Crippen molar-refractivity contribution in [3.8, 4) is 28.2 Å². The summed E-state index contributed by atoms with van der Waals surface area (Å²) in [6.45, 7) is 4.39. The molecule has 0 aliphatic heterocycles. The van der Waals surface area contributed by atoms with E-state index in [-0.39, 0.29) is 5.69 Å². The highest BCUT2D eigenvalue weighted by atomic mass is 19.1. The summed E-state index contributed by atoms with van der Waals surface area (Å²) >= 11 is 0. The summed E-state index contributed by atoms with van der Waals surface area (Å²) < 4.78 is 18.0. The van der Waals surface area contributed by atoms with E-state index < -0.39 is 5.82 Å². The Bertz CT molecular complexity index is 1530. The number of halogens is 1. The first kappa shape index (κ1) is 24.4. The summed E-state index contributed by atoms with van der Waals surface area (Å²) in [7, 11) is 0. The molecule has 5 rings (SSSR count). The third kappa shape index (κ3) is 5.00. The molecule has 0 radical (unpaired) electrons. The minimum Gasteiger partial charge on any atom is -0.292 e. The average molecular weight is 497 g/mol.